The topological polar surface area (TPSA) is 29.1 Å². The second-order valence-electron chi connectivity index (χ2n) is 4.15. The van der Waals surface area contributed by atoms with Crippen molar-refractivity contribution in [3.05, 3.63) is 40.7 Å². The first-order chi connectivity index (χ1) is 7.99. The maximum atomic E-state index is 12.9. The van der Waals surface area contributed by atoms with E-state index in [2.05, 4.69) is 5.32 Å². The summed E-state index contributed by atoms with van der Waals surface area (Å²) >= 11 is 5.62. The molecule has 0 unspecified atom stereocenters. The number of benzene rings is 1. The van der Waals surface area contributed by atoms with E-state index in [4.69, 9.17) is 11.6 Å². The fourth-order valence-corrected chi connectivity index (χ4v) is 1.34. The molecular weight excluding hydrogens is 241 g/mol. The van der Waals surface area contributed by atoms with Crippen LogP contribution in [0.4, 0.5) is 4.39 Å². The maximum absolute atomic E-state index is 12.9. The van der Waals surface area contributed by atoms with Gasteiger partial charge < -0.3 is 5.32 Å². The number of carbonyl (C=O) groups excluding carboxylic acids is 1. The molecule has 0 radical (unpaired) electrons. The van der Waals surface area contributed by atoms with Gasteiger partial charge in [-0.2, -0.15) is 0 Å². The van der Waals surface area contributed by atoms with Gasteiger partial charge in [-0.05, 0) is 29.7 Å². The molecule has 1 N–H and O–H groups in total. The molecule has 92 valence electrons. The van der Waals surface area contributed by atoms with Gasteiger partial charge in [-0.15, -0.1) is 0 Å². The summed E-state index contributed by atoms with van der Waals surface area (Å²) in [5.41, 5.74) is 0.691. The van der Waals surface area contributed by atoms with Gasteiger partial charge in [0.25, 0.3) is 0 Å². The van der Waals surface area contributed by atoms with Crippen LogP contribution < -0.4 is 5.32 Å². The molecule has 0 aliphatic carbocycles. The molecule has 1 amide bonds. The van der Waals surface area contributed by atoms with Crippen LogP contribution in [0.1, 0.15) is 19.4 Å². The SMILES string of the molecule is CC(C)CNC(=O)/C=C\c1ccc(F)c(Cl)c1. The second-order valence-corrected chi connectivity index (χ2v) is 4.55. The highest BCUT2D eigenvalue weighted by Gasteiger charge is 2.00. The molecule has 0 heterocycles. The maximum Gasteiger partial charge on any atom is 0.244 e. The second kappa shape index (κ2) is 6.40. The lowest BCUT2D eigenvalue weighted by atomic mass is 10.2. The molecule has 1 rings (SSSR count). The van der Waals surface area contributed by atoms with Gasteiger partial charge >= 0.3 is 0 Å². The van der Waals surface area contributed by atoms with Crippen molar-refractivity contribution in [2.75, 3.05) is 6.54 Å². The Morgan fingerprint density at radius 1 is 1.53 bits per heavy atom. The zero-order valence-corrected chi connectivity index (χ0v) is 10.6. The first-order valence-electron chi connectivity index (χ1n) is 5.40. The zero-order chi connectivity index (χ0) is 12.8. The average molecular weight is 256 g/mol. The van der Waals surface area contributed by atoms with Gasteiger partial charge in [0.2, 0.25) is 5.91 Å². The molecule has 0 aliphatic rings. The molecule has 4 heteroatoms. The summed E-state index contributed by atoms with van der Waals surface area (Å²) < 4.78 is 12.9. The number of halogens is 2. The Balaban J connectivity index is 2.58. The van der Waals surface area contributed by atoms with Crippen LogP contribution in [0.15, 0.2) is 24.3 Å². The fraction of sp³-hybridized carbons (Fsp3) is 0.308. The van der Waals surface area contributed by atoms with Crippen LogP contribution in [0, 0.1) is 11.7 Å². The molecule has 0 bridgehead atoms. The molecule has 0 saturated heterocycles. The molecule has 1 aromatic carbocycles. The van der Waals surface area contributed by atoms with Crippen molar-refractivity contribution in [2.45, 2.75) is 13.8 Å². The lowest BCUT2D eigenvalue weighted by molar-refractivity contribution is -0.116. The summed E-state index contributed by atoms with van der Waals surface area (Å²) in [5.74, 6) is -0.222. The van der Waals surface area contributed by atoms with E-state index in [1.807, 2.05) is 13.8 Å². The molecule has 0 aliphatic heterocycles. The molecule has 0 spiro atoms. The molecular formula is C13H15ClFNO. The van der Waals surface area contributed by atoms with Crippen molar-refractivity contribution < 1.29 is 9.18 Å². The number of amides is 1. The monoisotopic (exact) mass is 255 g/mol. The van der Waals surface area contributed by atoms with Gasteiger partial charge in [0.1, 0.15) is 5.82 Å². The van der Waals surface area contributed by atoms with E-state index in [0.717, 1.165) is 0 Å². The van der Waals surface area contributed by atoms with Gasteiger partial charge in [-0.1, -0.05) is 31.5 Å². The van der Waals surface area contributed by atoms with Crippen molar-refractivity contribution >= 4 is 23.6 Å². The summed E-state index contributed by atoms with van der Waals surface area (Å²) in [6, 6.07) is 4.31. The molecule has 0 atom stereocenters. The largest absolute Gasteiger partial charge is 0.352 e. The van der Waals surface area contributed by atoms with Crippen LogP contribution in [0.5, 0.6) is 0 Å². The van der Waals surface area contributed by atoms with E-state index in [-0.39, 0.29) is 10.9 Å². The van der Waals surface area contributed by atoms with Gasteiger partial charge in [-0.3, -0.25) is 4.79 Å². The zero-order valence-electron chi connectivity index (χ0n) is 9.84. The van der Waals surface area contributed by atoms with Crippen LogP contribution in [0.25, 0.3) is 6.08 Å². The quantitative estimate of drug-likeness (QED) is 0.822. The average Bonchev–Trinajstić information content (AvgIpc) is 2.28. The Morgan fingerprint density at radius 3 is 2.82 bits per heavy atom. The van der Waals surface area contributed by atoms with E-state index < -0.39 is 5.82 Å². The molecule has 17 heavy (non-hydrogen) atoms. The minimum atomic E-state index is -0.465. The van der Waals surface area contributed by atoms with Gasteiger partial charge in [0.15, 0.2) is 0 Å². The summed E-state index contributed by atoms with van der Waals surface area (Å²) in [6.45, 7) is 4.67. The molecule has 1 aromatic rings. The predicted octanol–water partition coefficient (Wildman–Crippen LogP) is 3.26. The predicted molar refractivity (Wildman–Crippen MR) is 68.3 cm³/mol. The lowest BCUT2D eigenvalue weighted by Gasteiger charge is -2.04. The third kappa shape index (κ3) is 5.00. The minimum absolute atomic E-state index is 0.0507. The van der Waals surface area contributed by atoms with Gasteiger partial charge in [-0.25, -0.2) is 4.39 Å². The first kappa shape index (κ1) is 13.7. The number of nitrogens with one attached hydrogen (secondary N) is 1. The highest BCUT2D eigenvalue weighted by atomic mass is 35.5. The van der Waals surface area contributed by atoms with Crippen molar-refractivity contribution in [2.24, 2.45) is 5.92 Å². The van der Waals surface area contributed by atoms with E-state index >= 15 is 0 Å². The van der Waals surface area contributed by atoms with Crippen LogP contribution in [0.2, 0.25) is 5.02 Å². The van der Waals surface area contributed by atoms with E-state index in [0.29, 0.717) is 18.0 Å². The summed E-state index contributed by atoms with van der Waals surface area (Å²) in [6.07, 6.45) is 3.01. The highest BCUT2D eigenvalue weighted by Crippen LogP contribution is 2.16. The van der Waals surface area contributed by atoms with Gasteiger partial charge in [0.05, 0.1) is 5.02 Å². The van der Waals surface area contributed by atoms with E-state index in [9.17, 15) is 9.18 Å². The molecule has 0 saturated carbocycles. The molecule has 2 nitrogen and oxygen atoms in total. The standard InChI is InChI=1S/C13H15ClFNO/c1-9(2)8-16-13(17)6-4-10-3-5-12(15)11(14)7-10/h3-7,9H,8H2,1-2H3,(H,16,17)/b6-4-. The normalized spacial score (nSPS) is 11.1. The fourth-order valence-electron chi connectivity index (χ4n) is 1.15. The number of rotatable bonds is 4. The Labute approximate surface area is 105 Å². The Hall–Kier alpha value is -1.35. The van der Waals surface area contributed by atoms with E-state index in [1.165, 1.54) is 18.2 Å². The lowest BCUT2D eigenvalue weighted by Crippen LogP contribution is -2.25. The minimum Gasteiger partial charge on any atom is -0.352 e. The van der Waals surface area contributed by atoms with Crippen LogP contribution in [-0.2, 0) is 4.79 Å². The summed E-state index contributed by atoms with van der Waals surface area (Å²) in [4.78, 5) is 11.4. The van der Waals surface area contributed by atoms with Crippen molar-refractivity contribution in [1.82, 2.24) is 5.32 Å². The summed E-state index contributed by atoms with van der Waals surface area (Å²) in [7, 11) is 0. The third-order valence-electron chi connectivity index (χ3n) is 2.06. The van der Waals surface area contributed by atoms with Crippen molar-refractivity contribution in [1.29, 1.82) is 0 Å². The molecule has 0 aromatic heterocycles. The van der Waals surface area contributed by atoms with Crippen LogP contribution in [0.3, 0.4) is 0 Å². The Kier molecular flexibility index (Phi) is 5.16. The van der Waals surface area contributed by atoms with Gasteiger partial charge in [0, 0.05) is 12.6 Å². The van der Waals surface area contributed by atoms with Crippen LogP contribution >= 0.6 is 11.6 Å². The molecule has 0 fully saturated rings. The van der Waals surface area contributed by atoms with Crippen molar-refractivity contribution in [3.8, 4) is 0 Å². The number of hydrogen-bond acceptors (Lipinski definition) is 1. The Bertz CT molecular complexity index is 429. The Morgan fingerprint density at radius 2 is 2.24 bits per heavy atom. The smallest absolute Gasteiger partial charge is 0.244 e. The van der Waals surface area contributed by atoms with Crippen molar-refractivity contribution in [3.63, 3.8) is 0 Å². The number of hydrogen-bond donors (Lipinski definition) is 1. The third-order valence-corrected chi connectivity index (χ3v) is 2.35. The first-order valence-corrected chi connectivity index (χ1v) is 5.78. The highest BCUT2D eigenvalue weighted by molar-refractivity contribution is 6.30. The van der Waals surface area contributed by atoms with Crippen LogP contribution in [-0.4, -0.2) is 12.5 Å². The summed E-state index contributed by atoms with van der Waals surface area (Å²) in [5, 5.41) is 2.80. The van der Waals surface area contributed by atoms with E-state index in [1.54, 1.807) is 12.1 Å². The number of carbonyl (C=O) groups is 1.